The molecular formula is C11H13N3S3. The summed E-state index contributed by atoms with van der Waals surface area (Å²) in [6.45, 7) is 0. The number of nitrogens with one attached hydrogen (secondary N) is 1. The molecule has 0 radical (unpaired) electrons. The Kier molecular flexibility index (Phi) is 4.70. The lowest BCUT2D eigenvalue weighted by Gasteiger charge is -2.00. The van der Waals surface area contributed by atoms with Gasteiger partial charge in [-0.2, -0.15) is 0 Å². The normalized spacial score (nSPS) is 10.5. The van der Waals surface area contributed by atoms with Gasteiger partial charge in [0.15, 0.2) is 4.34 Å². The number of hydrogen-bond acceptors (Lipinski definition) is 6. The van der Waals surface area contributed by atoms with Gasteiger partial charge in [-0.15, -0.1) is 22.0 Å². The first-order valence-electron chi connectivity index (χ1n) is 5.09. The Labute approximate surface area is 113 Å². The molecule has 0 spiro atoms. The van der Waals surface area contributed by atoms with Gasteiger partial charge in [0, 0.05) is 17.7 Å². The van der Waals surface area contributed by atoms with Crippen LogP contribution in [0.2, 0.25) is 0 Å². The minimum Gasteiger partial charge on any atom is -0.363 e. The molecule has 2 rings (SSSR count). The van der Waals surface area contributed by atoms with Crippen molar-refractivity contribution in [1.82, 2.24) is 10.2 Å². The van der Waals surface area contributed by atoms with Crippen molar-refractivity contribution in [2.24, 2.45) is 0 Å². The standard InChI is InChI=1S/C11H13N3S3/c1-12-10-13-14-11(17-10)16-7-8-3-5-9(15-2)6-4-8/h3-6H,7H2,1-2H3,(H,12,13). The Morgan fingerprint density at radius 1 is 1.24 bits per heavy atom. The van der Waals surface area contributed by atoms with Gasteiger partial charge in [-0.3, -0.25) is 0 Å². The van der Waals surface area contributed by atoms with Crippen molar-refractivity contribution < 1.29 is 0 Å². The van der Waals surface area contributed by atoms with Crippen molar-refractivity contribution in [3.63, 3.8) is 0 Å². The lowest BCUT2D eigenvalue weighted by Crippen LogP contribution is -1.84. The summed E-state index contributed by atoms with van der Waals surface area (Å²) in [6.07, 6.45) is 2.09. The second-order valence-electron chi connectivity index (χ2n) is 3.26. The molecule has 17 heavy (non-hydrogen) atoms. The SMILES string of the molecule is CNc1nnc(SCc2ccc(SC)cc2)s1. The van der Waals surface area contributed by atoms with Crippen LogP contribution in [0.15, 0.2) is 33.5 Å². The average molecular weight is 283 g/mol. The molecule has 0 amide bonds. The van der Waals surface area contributed by atoms with Gasteiger partial charge in [0.1, 0.15) is 0 Å². The fourth-order valence-corrected chi connectivity index (χ4v) is 3.31. The summed E-state index contributed by atoms with van der Waals surface area (Å²) in [6, 6.07) is 8.64. The van der Waals surface area contributed by atoms with Crippen molar-refractivity contribution in [2.45, 2.75) is 15.0 Å². The number of anilines is 1. The Morgan fingerprint density at radius 3 is 2.59 bits per heavy atom. The zero-order valence-corrected chi connectivity index (χ0v) is 12.1. The van der Waals surface area contributed by atoms with Crippen LogP contribution in [0.1, 0.15) is 5.56 Å². The molecule has 0 atom stereocenters. The van der Waals surface area contributed by atoms with Crippen LogP contribution in [-0.4, -0.2) is 23.5 Å². The molecule has 90 valence electrons. The number of benzene rings is 1. The Bertz CT molecular complexity index is 467. The molecule has 0 aliphatic heterocycles. The maximum Gasteiger partial charge on any atom is 0.206 e. The third kappa shape index (κ3) is 3.62. The van der Waals surface area contributed by atoms with Crippen molar-refractivity contribution in [3.8, 4) is 0 Å². The van der Waals surface area contributed by atoms with Gasteiger partial charge in [0.2, 0.25) is 5.13 Å². The highest BCUT2D eigenvalue weighted by atomic mass is 32.2. The summed E-state index contributed by atoms with van der Waals surface area (Å²) in [4.78, 5) is 1.30. The highest BCUT2D eigenvalue weighted by molar-refractivity contribution is 8.00. The van der Waals surface area contributed by atoms with Crippen LogP contribution in [0.3, 0.4) is 0 Å². The van der Waals surface area contributed by atoms with E-state index in [1.807, 2.05) is 7.05 Å². The smallest absolute Gasteiger partial charge is 0.206 e. The molecule has 1 heterocycles. The van der Waals surface area contributed by atoms with Crippen LogP contribution in [0.5, 0.6) is 0 Å². The zero-order chi connectivity index (χ0) is 12.1. The monoisotopic (exact) mass is 283 g/mol. The van der Waals surface area contributed by atoms with E-state index >= 15 is 0 Å². The molecule has 0 fully saturated rings. The van der Waals surface area contributed by atoms with Crippen LogP contribution < -0.4 is 5.32 Å². The molecule has 1 N–H and O–H groups in total. The number of thioether (sulfide) groups is 2. The van der Waals surface area contributed by atoms with Gasteiger partial charge in [-0.25, -0.2) is 0 Å². The van der Waals surface area contributed by atoms with Crippen LogP contribution in [0.4, 0.5) is 5.13 Å². The summed E-state index contributed by atoms with van der Waals surface area (Å²) in [5.74, 6) is 0.938. The number of nitrogens with zero attached hydrogens (tertiary/aromatic N) is 2. The van der Waals surface area contributed by atoms with E-state index in [2.05, 4.69) is 46.0 Å². The molecule has 1 aromatic carbocycles. The van der Waals surface area contributed by atoms with E-state index in [1.165, 1.54) is 10.5 Å². The Balaban J connectivity index is 1.92. The second-order valence-corrected chi connectivity index (χ2v) is 6.34. The lowest BCUT2D eigenvalue weighted by molar-refractivity contribution is 1.01. The molecule has 0 aliphatic rings. The van der Waals surface area contributed by atoms with Crippen LogP contribution >= 0.6 is 34.9 Å². The van der Waals surface area contributed by atoms with Gasteiger partial charge in [-0.1, -0.05) is 35.2 Å². The van der Waals surface area contributed by atoms with E-state index in [9.17, 15) is 0 Å². The molecule has 0 unspecified atom stereocenters. The molecule has 0 saturated heterocycles. The summed E-state index contributed by atoms with van der Waals surface area (Å²) < 4.78 is 1.00. The molecule has 2 aromatic rings. The third-order valence-corrected chi connectivity index (χ3v) is 5.03. The molecule has 3 nitrogen and oxygen atoms in total. The fourth-order valence-electron chi connectivity index (χ4n) is 1.24. The summed E-state index contributed by atoms with van der Waals surface area (Å²) in [7, 11) is 1.86. The average Bonchev–Trinajstić information content (AvgIpc) is 2.85. The quantitative estimate of drug-likeness (QED) is 0.849. The van der Waals surface area contributed by atoms with Gasteiger partial charge < -0.3 is 5.32 Å². The van der Waals surface area contributed by atoms with Crippen LogP contribution in [-0.2, 0) is 5.75 Å². The first kappa shape index (κ1) is 12.7. The highest BCUT2D eigenvalue weighted by Crippen LogP contribution is 2.28. The van der Waals surface area contributed by atoms with Crippen LogP contribution in [0, 0.1) is 0 Å². The number of aromatic nitrogens is 2. The van der Waals surface area contributed by atoms with E-state index in [0.29, 0.717) is 0 Å². The maximum absolute atomic E-state index is 4.10. The molecule has 0 bridgehead atoms. The fraction of sp³-hybridized carbons (Fsp3) is 0.273. The van der Waals surface area contributed by atoms with Gasteiger partial charge in [-0.05, 0) is 24.0 Å². The van der Waals surface area contributed by atoms with Crippen LogP contribution in [0.25, 0.3) is 0 Å². The number of rotatable bonds is 5. The van der Waals surface area contributed by atoms with Crippen molar-refractivity contribution in [3.05, 3.63) is 29.8 Å². The van der Waals surface area contributed by atoms with Gasteiger partial charge in [0.25, 0.3) is 0 Å². The maximum atomic E-state index is 4.10. The Morgan fingerprint density at radius 2 is 2.00 bits per heavy atom. The van der Waals surface area contributed by atoms with E-state index in [-0.39, 0.29) is 0 Å². The summed E-state index contributed by atoms with van der Waals surface area (Å²) >= 11 is 5.07. The molecule has 0 aliphatic carbocycles. The van der Waals surface area contributed by atoms with Crippen molar-refractivity contribution >= 4 is 40.0 Å². The number of hydrogen-bond donors (Lipinski definition) is 1. The second kappa shape index (κ2) is 6.28. The predicted molar refractivity (Wildman–Crippen MR) is 77.2 cm³/mol. The molecule has 0 saturated carbocycles. The largest absolute Gasteiger partial charge is 0.363 e. The van der Waals surface area contributed by atoms with Crippen molar-refractivity contribution in [2.75, 3.05) is 18.6 Å². The minimum atomic E-state index is 0.866. The minimum absolute atomic E-state index is 0.866. The van der Waals surface area contributed by atoms with Gasteiger partial charge >= 0.3 is 0 Å². The first-order chi connectivity index (χ1) is 8.31. The Hall–Kier alpha value is -0.720. The zero-order valence-electron chi connectivity index (χ0n) is 9.64. The molecule has 6 heteroatoms. The summed E-state index contributed by atoms with van der Waals surface area (Å²) in [5, 5.41) is 12.0. The topological polar surface area (TPSA) is 37.8 Å². The van der Waals surface area contributed by atoms with E-state index in [4.69, 9.17) is 0 Å². The molecule has 1 aromatic heterocycles. The predicted octanol–water partition coefficient (Wildman–Crippen LogP) is 3.59. The van der Waals surface area contributed by atoms with Crippen molar-refractivity contribution in [1.29, 1.82) is 0 Å². The first-order valence-corrected chi connectivity index (χ1v) is 8.11. The third-order valence-electron chi connectivity index (χ3n) is 2.14. The highest BCUT2D eigenvalue weighted by Gasteiger charge is 2.03. The van der Waals surface area contributed by atoms with E-state index in [0.717, 1.165) is 15.2 Å². The lowest BCUT2D eigenvalue weighted by atomic mass is 10.2. The molecular weight excluding hydrogens is 270 g/mol. The van der Waals surface area contributed by atoms with E-state index in [1.54, 1.807) is 34.9 Å². The van der Waals surface area contributed by atoms with Gasteiger partial charge in [0.05, 0.1) is 0 Å². The summed E-state index contributed by atoms with van der Waals surface area (Å²) in [5.41, 5.74) is 1.31. The van der Waals surface area contributed by atoms with E-state index < -0.39 is 0 Å².